The molecule has 0 bridgehead atoms. The third-order valence-electron chi connectivity index (χ3n) is 2.87. The van der Waals surface area contributed by atoms with E-state index in [2.05, 4.69) is 4.98 Å². The zero-order valence-corrected chi connectivity index (χ0v) is 13.7. The molecular weight excluding hydrogens is 320 g/mol. The molecule has 0 radical (unpaired) electrons. The van der Waals surface area contributed by atoms with Crippen molar-refractivity contribution in [3.63, 3.8) is 0 Å². The molecule has 0 fully saturated rings. The number of aromatic nitrogens is 1. The van der Waals surface area contributed by atoms with E-state index in [-0.39, 0.29) is 11.9 Å². The van der Waals surface area contributed by atoms with Gasteiger partial charge in [0.15, 0.2) is 5.13 Å². The predicted molar refractivity (Wildman–Crippen MR) is 83.3 cm³/mol. The zero-order chi connectivity index (χ0) is 14.9. The molecule has 0 N–H and O–H groups in total. The molecule has 0 spiro atoms. The van der Waals surface area contributed by atoms with Crippen molar-refractivity contribution in [3.05, 3.63) is 23.2 Å². The Hall–Kier alpha value is -0.890. The number of halogens is 1. The van der Waals surface area contributed by atoms with E-state index >= 15 is 0 Å². The molecule has 110 valence electrons. The highest BCUT2D eigenvalue weighted by atomic mass is 35.5. The number of fused-ring (bicyclic) bond motifs is 1. The van der Waals surface area contributed by atoms with Crippen LogP contribution in [-0.2, 0) is 14.8 Å². The van der Waals surface area contributed by atoms with Crippen LogP contribution in [0.5, 0.6) is 0 Å². The van der Waals surface area contributed by atoms with Gasteiger partial charge in [0.2, 0.25) is 10.0 Å². The highest BCUT2D eigenvalue weighted by molar-refractivity contribution is 7.93. The van der Waals surface area contributed by atoms with Crippen molar-refractivity contribution in [2.45, 2.75) is 13.0 Å². The van der Waals surface area contributed by atoms with Crippen LogP contribution >= 0.6 is 22.9 Å². The largest absolute Gasteiger partial charge is 0.381 e. The molecule has 0 aliphatic heterocycles. The standard InChI is InChI=1S/C12H15ClN2O3S2/c1-8(18-3)7-20(16,17)15(2)12-14-10-6-9(13)4-5-11(10)19-12/h4-6,8H,7H2,1-3H3. The summed E-state index contributed by atoms with van der Waals surface area (Å²) in [6.45, 7) is 1.71. The molecule has 0 amide bonds. The van der Waals surface area contributed by atoms with E-state index in [1.54, 1.807) is 19.1 Å². The lowest BCUT2D eigenvalue weighted by Gasteiger charge is -2.18. The third-order valence-corrected chi connectivity index (χ3v) is 6.23. The maximum atomic E-state index is 12.2. The summed E-state index contributed by atoms with van der Waals surface area (Å²) in [4.78, 5) is 4.31. The monoisotopic (exact) mass is 334 g/mol. The van der Waals surface area contributed by atoms with E-state index in [0.29, 0.717) is 15.7 Å². The second kappa shape index (κ2) is 5.85. The molecule has 0 aliphatic carbocycles. The molecule has 1 atom stereocenters. The first-order valence-electron chi connectivity index (χ1n) is 5.89. The topological polar surface area (TPSA) is 59.5 Å². The minimum absolute atomic E-state index is 0.0866. The second-order valence-corrected chi connectivity index (χ2v) is 7.89. The summed E-state index contributed by atoms with van der Waals surface area (Å²) in [5.41, 5.74) is 0.694. The number of rotatable bonds is 5. The van der Waals surface area contributed by atoms with E-state index in [9.17, 15) is 8.42 Å². The summed E-state index contributed by atoms with van der Waals surface area (Å²) in [5, 5.41) is 0.999. The van der Waals surface area contributed by atoms with Crippen LogP contribution in [0.4, 0.5) is 5.13 Å². The van der Waals surface area contributed by atoms with Gasteiger partial charge in [0.1, 0.15) is 0 Å². The maximum Gasteiger partial charge on any atom is 0.239 e. The lowest BCUT2D eigenvalue weighted by Crippen LogP contribution is -2.33. The van der Waals surface area contributed by atoms with Gasteiger partial charge in [-0.1, -0.05) is 22.9 Å². The Kier molecular flexibility index (Phi) is 4.53. The Balaban J connectivity index is 2.33. The molecule has 0 saturated heterocycles. The number of benzene rings is 1. The smallest absolute Gasteiger partial charge is 0.239 e. The highest BCUT2D eigenvalue weighted by Gasteiger charge is 2.24. The van der Waals surface area contributed by atoms with Gasteiger partial charge in [0.25, 0.3) is 0 Å². The number of sulfonamides is 1. The number of anilines is 1. The minimum atomic E-state index is -3.46. The molecule has 2 aromatic rings. The van der Waals surface area contributed by atoms with Gasteiger partial charge in [-0.25, -0.2) is 17.7 Å². The van der Waals surface area contributed by atoms with Gasteiger partial charge in [0.05, 0.1) is 22.1 Å². The summed E-state index contributed by atoms with van der Waals surface area (Å²) in [6, 6.07) is 5.31. The molecule has 5 nitrogen and oxygen atoms in total. The summed E-state index contributed by atoms with van der Waals surface area (Å²) in [5.74, 6) is -0.0866. The lowest BCUT2D eigenvalue weighted by atomic mass is 10.3. The first-order chi connectivity index (χ1) is 9.33. The number of nitrogens with zero attached hydrogens (tertiary/aromatic N) is 2. The number of hydrogen-bond donors (Lipinski definition) is 0. The normalized spacial score (nSPS) is 13.6. The van der Waals surface area contributed by atoms with Gasteiger partial charge in [0, 0.05) is 19.2 Å². The van der Waals surface area contributed by atoms with Gasteiger partial charge in [-0.15, -0.1) is 0 Å². The molecule has 2 rings (SSSR count). The molecule has 1 aromatic heterocycles. The molecule has 20 heavy (non-hydrogen) atoms. The van der Waals surface area contributed by atoms with Crippen molar-refractivity contribution in [1.82, 2.24) is 4.98 Å². The van der Waals surface area contributed by atoms with Gasteiger partial charge in [-0.3, -0.25) is 0 Å². The molecular formula is C12H15ClN2O3S2. The molecule has 0 saturated carbocycles. The summed E-state index contributed by atoms with van der Waals surface area (Å²) >= 11 is 7.21. The maximum absolute atomic E-state index is 12.2. The van der Waals surface area contributed by atoms with Gasteiger partial charge in [-0.05, 0) is 25.1 Å². The Bertz CT molecular complexity index is 715. The fourth-order valence-electron chi connectivity index (χ4n) is 1.62. The summed E-state index contributed by atoms with van der Waals surface area (Å²) < 4.78 is 31.6. The zero-order valence-electron chi connectivity index (χ0n) is 11.3. The van der Waals surface area contributed by atoms with Crippen molar-refractivity contribution in [2.24, 2.45) is 0 Å². The van der Waals surface area contributed by atoms with Gasteiger partial charge >= 0.3 is 0 Å². The second-order valence-electron chi connectivity index (χ2n) is 4.40. The van der Waals surface area contributed by atoms with Crippen LogP contribution in [0.25, 0.3) is 10.2 Å². The average molecular weight is 335 g/mol. The highest BCUT2D eigenvalue weighted by Crippen LogP contribution is 2.31. The Morgan fingerprint density at radius 1 is 1.50 bits per heavy atom. The Morgan fingerprint density at radius 3 is 2.85 bits per heavy atom. The fourth-order valence-corrected chi connectivity index (χ4v) is 4.28. The number of methoxy groups -OCH3 is 1. The Morgan fingerprint density at radius 2 is 2.20 bits per heavy atom. The fraction of sp³-hybridized carbons (Fsp3) is 0.417. The van der Waals surface area contributed by atoms with Crippen LogP contribution in [0.15, 0.2) is 18.2 Å². The van der Waals surface area contributed by atoms with Gasteiger partial charge in [-0.2, -0.15) is 0 Å². The van der Waals surface area contributed by atoms with Crippen molar-refractivity contribution in [1.29, 1.82) is 0 Å². The first-order valence-corrected chi connectivity index (χ1v) is 8.69. The molecule has 8 heteroatoms. The average Bonchev–Trinajstić information content (AvgIpc) is 2.79. The quantitative estimate of drug-likeness (QED) is 0.843. The van der Waals surface area contributed by atoms with E-state index in [0.717, 1.165) is 4.70 Å². The van der Waals surface area contributed by atoms with Crippen LogP contribution in [0.2, 0.25) is 5.02 Å². The van der Waals surface area contributed by atoms with Crippen LogP contribution in [-0.4, -0.2) is 39.4 Å². The van der Waals surface area contributed by atoms with E-state index < -0.39 is 10.0 Å². The van der Waals surface area contributed by atoms with Crippen molar-refractivity contribution in [2.75, 3.05) is 24.2 Å². The van der Waals surface area contributed by atoms with E-state index in [4.69, 9.17) is 16.3 Å². The molecule has 1 heterocycles. The third kappa shape index (κ3) is 3.22. The van der Waals surface area contributed by atoms with Crippen LogP contribution < -0.4 is 4.31 Å². The first kappa shape index (κ1) is 15.5. The minimum Gasteiger partial charge on any atom is -0.381 e. The number of thiazole rings is 1. The van der Waals surface area contributed by atoms with Gasteiger partial charge < -0.3 is 4.74 Å². The number of hydrogen-bond acceptors (Lipinski definition) is 5. The molecule has 1 aromatic carbocycles. The predicted octanol–water partition coefficient (Wildman–Crippen LogP) is 2.75. The lowest BCUT2D eigenvalue weighted by molar-refractivity contribution is 0.136. The van der Waals surface area contributed by atoms with E-state index in [1.165, 1.54) is 29.8 Å². The molecule has 0 aliphatic rings. The summed E-state index contributed by atoms with van der Waals surface area (Å²) in [6.07, 6.45) is -0.369. The van der Waals surface area contributed by atoms with Crippen molar-refractivity contribution >= 4 is 48.3 Å². The van der Waals surface area contributed by atoms with E-state index in [1.807, 2.05) is 6.07 Å². The van der Waals surface area contributed by atoms with Crippen LogP contribution in [0.3, 0.4) is 0 Å². The number of ether oxygens (including phenoxy) is 1. The SMILES string of the molecule is COC(C)CS(=O)(=O)N(C)c1nc2cc(Cl)ccc2s1. The molecule has 1 unspecified atom stereocenters. The van der Waals surface area contributed by atoms with Crippen molar-refractivity contribution < 1.29 is 13.2 Å². The Labute approximate surface area is 127 Å². The summed E-state index contributed by atoms with van der Waals surface area (Å²) in [7, 11) is -0.476. The van der Waals surface area contributed by atoms with Crippen molar-refractivity contribution in [3.8, 4) is 0 Å². The van der Waals surface area contributed by atoms with Crippen LogP contribution in [0.1, 0.15) is 6.92 Å². The van der Waals surface area contributed by atoms with Crippen LogP contribution in [0, 0.1) is 0 Å².